The normalized spacial score (nSPS) is 26.7. The highest BCUT2D eigenvalue weighted by atomic mass is 14.7. The van der Waals surface area contributed by atoms with Crippen molar-refractivity contribution in [2.75, 3.05) is 0 Å². The smallest absolute Gasteiger partial charge is 0.00754 e. The average Bonchev–Trinajstić information content (AvgIpc) is 2.30. The first kappa shape index (κ1) is 11.7. The highest BCUT2D eigenvalue weighted by Crippen LogP contribution is 2.39. The van der Waals surface area contributed by atoms with Gasteiger partial charge in [0.25, 0.3) is 0 Å². The van der Waals surface area contributed by atoms with Crippen LogP contribution in [0, 0.1) is 5.92 Å². The summed E-state index contributed by atoms with van der Waals surface area (Å²) in [5.41, 5.74) is 7.94. The molecule has 0 radical (unpaired) electrons. The Bertz CT molecular complexity index is 329. The molecule has 0 spiro atoms. The molecule has 2 N–H and O–H groups in total. The van der Waals surface area contributed by atoms with Crippen LogP contribution in [-0.4, -0.2) is 6.04 Å². The molecule has 0 aliphatic heterocycles. The van der Waals surface area contributed by atoms with Crippen molar-refractivity contribution >= 4 is 0 Å². The number of hydrogen-bond acceptors (Lipinski definition) is 1. The number of benzene rings is 1. The minimum absolute atomic E-state index is 0.209. The van der Waals surface area contributed by atoms with Gasteiger partial charge in [0.1, 0.15) is 0 Å². The molecule has 0 aromatic heterocycles. The molecule has 0 heterocycles. The second kappa shape index (κ2) is 4.58. The van der Waals surface area contributed by atoms with Crippen molar-refractivity contribution in [3.63, 3.8) is 0 Å². The first-order valence-electron chi connectivity index (χ1n) is 6.43. The van der Waals surface area contributed by atoms with E-state index in [1.807, 2.05) is 0 Å². The summed E-state index contributed by atoms with van der Waals surface area (Å²) in [5.74, 6) is 0.628. The van der Waals surface area contributed by atoms with Gasteiger partial charge in [0.05, 0.1) is 0 Å². The molecule has 1 saturated carbocycles. The summed E-state index contributed by atoms with van der Waals surface area (Å²) in [6.07, 6.45) is 5.13. The van der Waals surface area contributed by atoms with Gasteiger partial charge in [-0.15, -0.1) is 0 Å². The summed E-state index contributed by atoms with van der Waals surface area (Å²) >= 11 is 0. The van der Waals surface area contributed by atoms with Crippen molar-refractivity contribution in [3.8, 4) is 0 Å². The predicted octanol–water partition coefficient (Wildman–Crippen LogP) is 3.48. The summed E-state index contributed by atoms with van der Waals surface area (Å²) in [5, 5.41) is 0. The van der Waals surface area contributed by atoms with Crippen LogP contribution in [0.1, 0.15) is 45.1 Å². The van der Waals surface area contributed by atoms with Crippen molar-refractivity contribution in [2.24, 2.45) is 11.7 Å². The van der Waals surface area contributed by atoms with Crippen LogP contribution in [0.5, 0.6) is 0 Å². The molecule has 2 atom stereocenters. The molecule has 0 unspecified atom stereocenters. The second-order valence-electron chi connectivity index (χ2n) is 5.64. The van der Waals surface area contributed by atoms with E-state index in [0.29, 0.717) is 12.0 Å². The largest absolute Gasteiger partial charge is 0.327 e. The molecule has 0 bridgehead atoms. The van der Waals surface area contributed by atoms with E-state index in [2.05, 4.69) is 44.2 Å². The maximum absolute atomic E-state index is 6.30. The lowest BCUT2D eigenvalue weighted by Gasteiger charge is -2.41. The van der Waals surface area contributed by atoms with Gasteiger partial charge in [0, 0.05) is 6.04 Å². The van der Waals surface area contributed by atoms with Crippen LogP contribution in [0.3, 0.4) is 0 Å². The lowest BCUT2D eigenvalue weighted by molar-refractivity contribution is 0.203. The molecule has 0 saturated heterocycles. The molecule has 1 aliphatic rings. The predicted molar refractivity (Wildman–Crippen MR) is 69.4 cm³/mol. The van der Waals surface area contributed by atoms with Crippen LogP contribution >= 0.6 is 0 Å². The van der Waals surface area contributed by atoms with Gasteiger partial charge >= 0.3 is 0 Å². The van der Waals surface area contributed by atoms with E-state index >= 15 is 0 Å². The SMILES string of the molecule is CC(C)(c1ccccc1)[C@@H]1CCCC[C@H]1N. The third-order valence-electron chi connectivity index (χ3n) is 4.26. The van der Waals surface area contributed by atoms with E-state index in [9.17, 15) is 0 Å². The fourth-order valence-corrected chi connectivity index (χ4v) is 3.14. The van der Waals surface area contributed by atoms with Crippen molar-refractivity contribution in [1.82, 2.24) is 0 Å². The molecule has 0 amide bonds. The van der Waals surface area contributed by atoms with Crippen molar-refractivity contribution < 1.29 is 0 Å². The van der Waals surface area contributed by atoms with Crippen LogP contribution in [0.2, 0.25) is 0 Å². The Morgan fingerprint density at radius 3 is 2.31 bits per heavy atom. The molecule has 1 fully saturated rings. The Kier molecular flexibility index (Phi) is 3.34. The molecule has 2 rings (SSSR count). The summed E-state index contributed by atoms with van der Waals surface area (Å²) in [6.45, 7) is 4.69. The lowest BCUT2D eigenvalue weighted by Crippen LogP contribution is -2.44. The number of rotatable bonds is 2. The van der Waals surface area contributed by atoms with Crippen LogP contribution in [-0.2, 0) is 5.41 Å². The Balaban J connectivity index is 2.23. The topological polar surface area (TPSA) is 26.0 Å². The van der Waals surface area contributed by atoms with Crippen molar-refractivity contribution in [1.29, 1.82) is 0 Å². The standard InChI is InChI=1S/C15H23N/c1-15(2,12-8-4-3-5-9-12)13-10-6-7-11-14(13)16/h3-5,8-9,13-14H,6-7,10-11,16H2,1-2H3/t13-,14-/m1/s1. The van der Waals surface area contributed by atoms with E-state index in [4.69, 9.17) is 5.73 Å². The fourth-order valence-electron chi connectivity index (χ4n) is 3.14. The zero-order valence-corrected chi connectivity index (χ0v) is 10.4. The van der Waals surface area contributed by atoms with Crippen LogP contribution < -0.4 is 5.73 Å². The molecule has 16 heavy (non-hydrogen) atoms. The van der Waals surface area contributed by atoms with E-state index in [1.165, 1.54) is 31.2 Å². The molecular formula is C15H23N. The van der Waals surface area contributed by atoms with Crippen molar-refractivity contribution in [2.45, 2.75) is 51.0 Å². The minimum atomic E-state index is 0.209. The zero-order valence-electron chi connectivity index (χ0n) is 10.4. The molecular weight excluding hydrogens is 194 g/mol. The van der Waals surface area contributed by atoms with Gasteiger partial charge in [-0.25, -0.2) is 0 Å². The van der Waals surface area contributed by atoms with Crippen LogP contribution in [0.25, 0.3) is 0 Å². The highest BCUT2D eigenvalue weighted by molar-refractivity contribution is 5.25. The molecule has 1 nitrogen and oxygen atoms in total. The highest BCUT2D eigenvalue weighted by Gasteiger charge is 2.36. The maximum atomic E-state index is 6.30. The summed E-state index contributed by atoms with van der Waals surface area (Å²) < 4.78 is 0. The first-order valence-corrected chi connectivity index (χ1v) is 6.43. The van der Waals surface area contributed by atoms with Gasteiger partial charge in [0.15, 0.2) is 0 Å². The van der Waals surface area contributed by atoms with E-state index in [-0.39, 0.29) is 5.41 Å². The monoisotopic (exact) mass is 217 g/mol. The van der Waals surface area contributed by atoms with Gasteiger partial charge in [-0.3, -0.25) is 0 Å². The second-order valence-corrected chi connectivity index (χ2v) is 5.64. The quantitative estimate of drug-likeness (QED) is 0.806. The van der Waals surface area contributed by atoms with Gasteiger partial charge in [-0.1, -0.05) is 57.0 Å². The van der Waals surface area contributed by atoms with E-state index in [1.54, 1.807) is 0 Å². The summed E-state index contributed by atoms with van der Waals surface area (Å²) in [4.78, 5) is 0. The first-order chi connectivity index (χ1) is 7.62. The molecule has 1 aromatic rings. The van der Waals surface area contributed by atoms with E-state index < -0.39 is 0 Å². The Morgan fingerprint density at radius 2 is 1.69 bits per heavy atom. The summed E-state index contributed by atoms with van der Waals surface area (Å²) in [7, 11) is 0. The molecule has 1 aromatic carbocycles. The Morgan fingerprint density at radius 1 is 1.06 bits per heavy atom. The van der Waals surface area contributed by atoms with Gasteiger partial charge in [-0.05, 0) is 29.7 Å². The Labute approximate surface area is 99.0 Å². The van der Waals surface area contributed by atoms with Gasteiger partial charge in [0.2, 0.25) is 0 Å². The molecule has 1 heteroatoms. The van der Waals surface area contributed by atoms with Crippen LogP contribution in [0.15, 0.2) is 30.3 Å². The number of nitrogens with two attached hydrogens (primary N) is 1. The third-order valence-corrected chi connectivity index (χ3v) is 4.26. The number of hydrogen-bond donors (Lipinski definition) is 1. The minimum Gasteiger partial charge on any atom is -0.327 e. The Hall–Kier alpha value is -0.820. The van der Waals surface area contributed by atoms with E-state index in [0.717, 1.165) is 0 Å². The fraction of sp³-hybridized carbons (Fsp3) is 0.600. The maximum Gasteiger partial charge on any atom is 0.00754 e. The van der Waals surface area contributed by atoms with Crippen molar-refractivity contribution in [3.05, 3.63) is 35.9 Å². The van der Waals surface area contributed by atoms with Gasteiger partial charge in [-0.2, -0.15) is 0 Å². The lowest BCUT2D eigenvalue weighted by atomic mass is 9.65. The average molecular weight is 217 g/mol. The molecule has 1 aliphatic carbocycles. The van der Waals surface area contributed by atoms with Crippen LogP contribution in [0.4, 0.5) is 0 Å². The summed E-state index contributed by atoms with van der Waals surface area (Å²) in [6, 6.07) is 11.2. The third kappa shape index (κ3) is 2.15. The van der Waals surface area contributed by atoms with Gasteiger partial charge < -0.3 is 5.73 Å². The molecule has 88 valence electrons. The zero-order chi connectivity index (χ0) is 11.6.